The Labute approximate surface area is 93.7 Å². The van der Waals surface area contributed by atoms with Crippen LogP contribution in [0.15, 0.2) is 0 Å². The molecule has 88 valence electrons. The van der Waals surface area contributed by atoms with Crippen molar-refractivity contribution in [3.05, 3.63) is 0 Å². The molecule has 4 nitrogen and oxygen atoms in total. The quantitative estimate of drug-likeness (QED) is 0.702. The van der Waals surface area contributed by atoms with Crippen LogP contribution in [0, 0.1) is 0 Å². The van der Waals surface area contributed by atoms with E-state index >= 15 is 0 Å². The topological polar surface area (TPSA) is 58.2 Å². The molecule has 3 atom stereocenters. The minimum atomic E-state index is -0.861. The molecule has 0 aromatic rings. The molecule has 2 N–H and O–H groups in total. The van der Waals surface area contributed by atoms with Crippen molar-refractivity contribution in [1.82, 2.24) is 10.6 Å². The maximum Gasteiger partial charge on any atom is 0.221 e. The zero-order valence-electron chi connectivity index (χ0n) is 9.41. The highest BCUT2D eigenvalue weighted by molar-refractivity contribution is 7.84. The van der Waals surface area contributed by atoms with Crippen LogP contribution >= 0.6 is 0 Å². The van der Waals surface area contributed by atoms with Gasteiger partial charge in [0.2, 0.25) is 5.91 Å². The van der Waals surface area contributed by atoms with Gasteiger partial charge in [0.1, 0.15) is 0 Å². The molecular weight excluding hydrogens is 212 g/mol. The zero-order valence-corrected chi connectivity index (χ0v) is 10.2. The van der Waals surface area contributed by atoms with Crippen molar-refractivity contribution in [3.63, 3.8) is 0 Å². The Bertz CT molecular complexity index is 240. The third-order valence-electron chi connectivity index (χ3n) is 2.75. The number of carbonyl (C=O) groups is 1. The zero-order chi connectivity index (χ0) is 11.3. The van der Waals surface area contributed by atoms with Crippen LogP contribution in [0.3, 0.4) is 0 Å². The van der Waals surface area contributed by atoms with Gasteiger partial charge in [-0.2, -0.15) is 0 Å². The van der Waals surface area contributed by atoms with Crippen molar-refractivity contribution >= 4 is 16.7 Å². The second-order valence-electron chi connectivity index (χ2n) is 4.11. The number of hydrogen-bond donors (Lipinski definition) is 2. The summed E-state index contributed by atoms with van der Waals surface area (Å²) in [4.78, 5) is 11.5. The molecule has 5 heteroatoms. The largest absolute Gasteiger partial charge is 0.355 e. The lowest BCUT2D eigenvalue weighted by atomic mass is 10.1. The predicted octanol–water partition coefficient (Wildman–Crippen LogP) is 0.0117. The first-order valence-corrected chi connectivity index (χ1v) is 7.04. The van der Waals surface area contributed by atoms with E-state index in [1.165, 1.54) is 0 Å². The maximum atomic E-state index is 11.5. The van der Waals surface area contributed by atoms with E-state index in [0.29, 0.717) is 19.0 Å². The first kappa shape index (κ1) is 12.6. The molecule has 1 amide bonds. The summed E-state index contributed by atoms with van der Waals surface area (Å²) in [5, 5.41) is 6.13. The van der Waals surface area contributed by atoms with Gasteiger partial charge in [0.15, 0.2) is 0 Å². The van der Waals surface area contributed by atoms with Crippen LogP contribution in [0.1, 0.15) is 26.2 Å². The summed E-state index contributed by atoms with van der Waals surface area (Å²) >= 11 is 0. The number of rotatable bonds is 5. The summed E-state index contributed by atoms with van der Waals surface area (Å²) in [6.45, 7) is 3.41. The highest BCUT2D eigenvalue weighted by atomic mass is 32.2. The fourth-order valence-electron chi connectivity index (χ4n) is 1.60. The summed E-state index contributed by atoms with van der Waals surface area (Å²) in [7, 11) is -0.861. The predicted molar refractivity (Wildman–Crippen MR) is 62.2 cm³/mol. The van der Waals surface area contributed by atoms with Crippen molar-refractivity contribution in [2.75, 3.05) is 19.3 Å². The van der Waals surface area contributed by atoms with Crippen molar-refractivity contribution < 1.29 is 9.00 Å². The molecule has 0 radical (unpaired) electrons. The molecule has 0 aromatic carbocycles. The Morgan fingerprint density at radius 1 is 1.67 bits per heavy atom. The van der Waals surface area contributed by atoms with Gasteiger partial charge in [0.25, 0.3) is 0 Å². The Hall–Kier alpha value is -0.420. The molecule has 1 heterocycles. The normalized spacial score (nSPS) is 24.8. The minimum absolute atomic E-state index is 0.0329. The highest BCUT2D eigenvalue weighted by Gasteiger charge is 2.17. The van der Waals surface area contributed by atoms with E-state index in [1.807, 2.05) is 6.92 Å². The van der Waals surface area contributed by atoms with Gasteiger partial charge in [-0.25, -0.2) is 0 Å². The summed E-state index contributed by atoms with van der Waals surface area (Å²) in [6.07, 6.45) is 4.45. The molecule has 1 saturated heterocycles. The number of amides is 1. The third-order valence-corrected chi connectivity index (χ3v) is 4.05. The SMILES string of the molecule is CC(CNC(=O)CC1CCCN1)S(C)=O. The van der Waals surface area contributed by atoms with Crippen LogP contribution in [0.25, 0.3) is 0 Å². The monoisotopic (exact) mass is 232 g/mol. The molecule has 1 fully saturated rings. The van der Waals surface area contributed by atoms with Gasteiger partial charge in [-0.05, 0) is 26.3 Å². The molecule has 0 spiro atoms. The van der Waals surface area contributed by atoms with E-state index in [4.69, 9.17) is 0 Å². The molecule has 1 aliphatic heterocycles. The molecule has 15 heavy (non-hydrogen) atoms. The van der Waals surface area contributed by atoms with E-state index in [2.05, 4.69) is 10.6 Å². The lowest BCUT2D eigenvalue weighted by Gasteiger charge is -2.12. The van der Waals surface area contributed by atoms with E-state index in [0.717, 1.165) is 19.4 Å². The molecule has 1 rings (SSSR count). The van der Waals surface area contributed by atoms with Gasteiger partial charge in [0.05, 0.1) is 0 Å². The van der Waals surface area contributed by atoms with Gasteiger partial charge in [0, 0.05) is 41.3 Å². The lowest BCUT2D eigenvalue weighted by molar-refractivity contribution is -0.121. The van der Waals surface area contributed by atoms with Crippen molar-refractivity contribution in [3.8, 4) is 0 Å². The fraction of sp³-hybridized carbons (Fsp3) is 0.900. The van der Waals surface area contributed by atoms with Crippen LogP contribution in [-0.2, 0) is 15.6 Å². The van der Waals surface area contributed by atoms with E-state index < -0.39 is 10.8 Å². The van der Waals surface area contributed by atoms with E-state index in [1.54, 1.807) is 6.26 Å². The molecule has 1 aliphatic rings. The van der Waals surface area contributed by atoms with Crippen molar-refractivity contribution in [2.24, 2.45) is 0 Å². The average Bonchev–Trinajstić information content (AvgIpc) is 2.66. The molecule has 0 saturated carbocycles. The summed E-state index contributed by atoms with van der Waals surface area (Å²) in [5.74, 6) is 0.0618. The molecular formula is C10H20N2O2S. The van der Waals surface area contributed by atoms with E-state index in [9.17, 15) is 9.00 Å². The van der Waals surface area contributed by atoms with Crippen LogP contribution in [-0.4, -0.2) is 40.8 Å². The lowest BCUT2D eigenvalue weighted by Crippen LogP contribution is -2.36. The summed E-state index contributed by atoms with van der Waals surface area (Å²) in [6, 6.07) is 0.340. The average molecular weight is 232 g/mol. The fourth-order valence-corrected chi connectivity index (χ4v) is 1.92. The van der Waals surface area contributed by atoms with Crippen molar-refractivity contribution in [1.29, 1.82) is 0 Å². The van der Waals surface area contributed by atoms with E-state index in [-0.39, 0.29) is 11.2 Å². The minimum Gasteiger partial charge on any atom is -0.355 e. The van der Waals surface area contributed by atoms with Gasteiger partial charge >= 0.3 is 0 Å². The summed E-state index contributed by atoms with van der Waals surface area (Å²) in [5.41, 5.74) is 0. The molecule has 3 unspecified atom stereocenters. The molecule has 0 aliphatic carbocycles. The molecule has 0 aromatic heterocycles. The Morgan fingerprint density at radius 3 is 2.93 bits per heavy atom. The van der Waals surface area contributed by atoms with Crippen LogP contribution in [0.5, 0.6) is 0 Å². The number of carbonyl (C=O) groups excluding carboxylic acids is 1. The maximum absolute atomic E-state index is 11.5. The van der Waals surface area contributed by atoms with Crippen LogP contribution in [0.2, 0.25) is 0 Å². The standard InChI is InChI=1S/C10H20N2O2S/c1-8(15(2)14)7-12-10(13)6-9-4-3-5-11-9/h8-9,11H,3-7H2,1-2H3,(H,12,13). The van der Waals surface area contributed by atoms with Crippen LogP contribution < -0.4 is 10.6 Å². The van der Waals surface area contributed by atoms with Gasteiger partial charge in [-0.15, -0.1) is 0 Å². The number of nitrogens with one attached hydrogen (secondary N) is 2. The molecule has 0 bridgehead atoms. The number of hydrogen-bond acceptors (Lipinski definition) is 3. The first-order valence-electron chi connectivity index (χ1n) is 5.42. The smallest absolute Gasteiger partial charge is 0.221 e. The van der Waals surface area contributed by atoms with Crippen molar-refractivity contribution in [2.45, 2.75) is 37.5 Å². The highest BCUT2D eigenvalue weighted by Crippen LogP contribution is 2.08. The van der Waals surface area contributed by atoms with Gasteiger partial charge < -0.3 is 10.6 Å². The third kappa shape index (κ3) is 4.75. The second kappa shape index (κ2) is 6.23. The van der Waals surface area contributed by atoms with Gasteiger partial charge in [-0.1, -0.05) is 0 Å². The second-order valence-corrected chi connectivity index (χ2v) is 5.91. The Morgan fingerprint density at radius 2 is 2.40 bits per heavy atom. The Kier molecular flexibility index (Phi) is 5.25. The Balaban J connectivity index is 2.15. The summed E-state index contributed by atoms with van der Waals surface area (Å²) < 4.78 is 11.0. The van der Waals surface area contributed by atoms with Gasteiger partial charge in [-0.3, -0.25) is 9.00 Å². The van der Waals surface area contributed by atoms with Crippen LogP contribution in [0.4, 0.5) is 0 Å². The first-order chi connectivity index (χ1) is 7.09.